The van der Waals surface area contributed by atoms with Crippen molar-refractivity contribution in [2.75, 3.05) is 26.9 Å². The Morgan fingerprint density at radius 3 is 2.55 bits per heavy atom. The van der Waals surface area contributed by atoms with Crippen molar-refractivity contribution in [3.63, 3.8) is 0 Å². The molecular formula is C23H27F2NO3. The van der Waals surface area contributed by atoms with Gasteiger partial charge in [-0.25, -0.2) is 8.78 Å². The summed E-state index contributed by atoms with van der Waals surface area (Å²) in [5.74, 6) is -1.74. The third-order valence-electron chi connectivity index (χ3n) is 5.45. The van der Waals surface area contributed by atoms with Gasteiger partial charge in [-0.1, -0.05) is 30.3 Å². The molecule has 1 aliphatic heterocycles. The number of nitrogens with one attached hydrogen (secondary N) is 1. The van der Waals surface area contributed by atoms with E-state index in [1.54, 1.807) is 13.2 Å². The third kappa shape index (κ3) is 5.19. The van der Waals surface area contributed by atoms with Gasteiger partial charge in [-0.05, 0) is 55.0 Å². The summed E-state index contributed by atoms with van der Waals surface area (Å²) in [5, 5.41) is 3.06. The highest BCUT2D eigenvalue weighted by Crippen LogP contribution is 2.36. The Kier molecular flexibility index (Phi) is 6.98. The van der Waals surface area contributed by atoms with Gasteiger partial charge in [-0.15, -0.1) is 0 Å². The lowest BCUT2D eigenvalue weighted by molar-refractivity contribution is -0.137. The van der Waals surface area contributed by atoms with Crippen molar-refractivity contribution in [2.45, 2.75) is 32.2 Å². The molecule has 2 aromatic rings. The number of carbonyl (C=O) groups excluding carboxylic acids is 1. The molecule has 2 aromatic carbocycles. The van der Waals surface area contributed by atoms with Crippen LogP contribution in [0.25, 0.3) is 11.1 Å². The molecule has 1 unspecified atom stereocenters. The lowest BCUT2D eigenvalue weighted by atomic mass is 9.74. The van der Waals surface area contributed by atoms with Crippen LogP contribution in [0, 0.1) is 17.0 Å². The highest BCUT2D eigenvalue weighted by molar-refractivity contribution is 5.83. The van der Waals surface area contributed by atoms with Crippen LogP contribution in [0.3, 0.4) is 0 Å². The summed E-state index contributed by atoms with van der Waals surface area (Å²) in [6, 6.07) is 11.4. The quantitative estimate of drug-likeness (QED) is 0.757. The molecular weight excluding hydrogens is 376 g/mol. The van der Waals surface area contributed by atoms with Gasteiger partial charge < -0.3 is 14.8 Å². The molecule has 1 heterocycles. The SMILES string of the molecule is COCC(C)NC(=O)C1(Cc2cccc(-c3ccc(F)c(F)c3)c2)CCOCC1. The van der Waals surface area contributed by atoms with Crippen LogP contribution in [-0.2, 0) is 20.7 Å². The fourth-order valence-electron chi connectivity index (χ4n) is 3.84. The van der Waals surface area contributed by atoms with Gasteiger partial charge in [0.1, 0.15) is 0 Å². The number of hydrogen-bond acceptors (Lipinski definition) is 3. The minimum Gasteiger partial charge on any atom is -0.383 e. The Balaban J connectivity index is 1.84. The van der Waals surface area contributed by atoms with Gasteiger partial charge in [0.25, 0.3) is 0 Å². The van der Waals surface area contributed by atoms with E-state index in [1.807, 2.05) is 31.2 Å². The molecule has 0 aromatic heterocycles. The Morgan fingerprint density at radius 1 is 1.14 bits per heavy atom. The van der Waals surface area contributed by atoms with Crippen molar-refractivity contribution in [1.82, 2.24) is 5.32 Å². The zero-order valence-corrected chi connectivity index (χ0v) is 16.8. The predicted molar refractivity (Wildman–Crippen MR) is 107 cm³/mol. The number of hydrogen-bond donors (Lipinski definition) is 1. The molecule has 156 valence electrons. The van der Waals surface area contributed by atoms with E-state index in [9.17, 15) is 13.6 Å². The molecule has 29 heavy (non-hydrogen) atoms. The van der Waals surface area contributed by atoms with Gasteiger partial charge in [0.15, 0.2) is 11.6 Å². The predicted octanol–water partition coefficient (Wildman–Crippen LogP) is 4.12. The van der Waals surface area contributed by atoms with Gasteiger partial charge in [0.05, 0.1) is 12.0 Å². The molecule has 1 saturated heterocycles. The minimum atomic E-state index is -0.875. The average molecular weight is 403 g/mol. The first-order chi connectivity index (χ1) is 13.9. The molecule has 1 amide bonds. The number of rotatable bonds is 7. The fourth-order valence-corrected chi connectivity index (χ4v) is 3.84. The van der Waals surface area contributed by atoms with Crippen LogP contribution in [0.5, 0.6) is 0 Å². The van der Waals surface area contributed by atoms with E-state index >= 15 is 0 Å². The first kappa shape index (κ1) is 21.4. The summed E-state index contributed by atoms with van der Waals surface area (Å²) in [5.41, 5.74) is 1.80. The van der Waals surface area contributed by atoms with Crippen LogP contribution in [0.4, 0.5) is 8.78 Å². The van der Waals surface area contributed by atoms with Crippen LogP contribution in [-0.4, -0.2) is 38.9 Å². The highest BCUT2D eigenvalue weighted by Gasteiger charge is 2.40. The van der Waals surface area contributed by atoms with Gasteiger partial charge in [-0.3, -0.25) is 4.79 Å². The van der Waals surface area contributed by atoms with Crippen LogP contribution in [0.2, 0.25) is 0 Å². The van der Waals surface area contributed by atoms with Crippen molar-refractivity contribution in [3.8, 4) is 11.1 Å². The zero-order chi connectivity index (χ0) is 20.9. The van der Waals surface area contributed by atoms with Crippen molar-refractivity contribution >= 4 is 5.91 Å². The lowest BCUT2D eigenvalue weighted by Crippen LogP contribution is -2.49. The van der Waals surface area contributed by atoms with Gasteiger partial charge in [-0.2, -0.15) is 0 Å². The molecule has 1 atom stereocenters. The number of halogens is 2. The second-order valence-electron chi connectivity index (χ2n) is 7.73. The Hall–Kier alpha value is -2.31. The third-order valence-corrected chi connectivity index (χ3v) is 5.45. The number of ether oxygens (including phenoxy) is 2. The molecule has 4 nitrogen and oxygen atoms in total. The minimum absolute atomic E-state index is 0.00331. The van der Waals surface area contributed by atoms with Crippen LogP contribution >= 0.6 is 0 Å². The molecule has 0 bridgehead atoms. The summed E-state index contributed by atoms with van der Waals surface area (Å²) in [6.07, 6.45) is 1.82. The Labute approximate surface area is 170 Å². The van der Waals surface area contributed by atoms with Crippen molar-refractivity contribution in [1.29, 1.82) is 0 Å². The number of methoxy groups -OCH3 is 1. The van der Waals surface area contributed by atoms with E-state index in [-0.39, 0.29) is 11.9 Å². The number of carbonyl (C=O) groups is 1. The first-order valence-electron chi connectivity index (χ1n) is 9.85. The summed E-state index contributed by atoms with van der Waals surface area (Å²) < 4.78 is 37.5. The van der Waals surface area contributed by atoms with E-state index in [1.165, 1.54) is 6.07 Å². The summed E-state index contributed by atoms with van der Waals surface area (Å²) in [7, 11) is 1.61. The summed E-state index contributed by atoms with van der Waals surface area (Å²) in [4.78, 5) is 13.1. The molecule has 1 aliphatic rings. The molecule has 0 spiro atoms. The van der Waals surface area contributed by atoms with E-state index in [4.69, 9.17) is 9.47 Å². The molecule has 1 fully saturated rings. The molecule has 0 saturated carbocycles. The molecule has 6 heteroatoms. The van der Waals surface area contributed by atoms with E-state index < -0.39 is 17.0 Å². The maximum atomic E-state index is 13.6. The molecule has 3 rings (SSSR count). The highest BCUT2D eigenvalue weighted by atomic mass is 19.2. The normalized spacial score (nSPS) is 17.0. The van der Waals surface area contributed by atoms with E-state index in [0.29, 0.717) is 44.6 Å². The average Bonchev–Trinajstić information content (AvgIpc) is 2.71. The van der Waals surface area contributed by atoms with Crippen LogP contribution in [0.1, 0.15) is 25.3 Å². The fraction of sp³-hybridized carbons (Fsp3) is 0.435. The van der Waals surface area contributed by atoms with Gasteiger partial charge in [0.2, 0.25) is 5.91 Å². The second-order valence-corrected chi connectivity index (χ2v) is 7.73. The van der Waals surface area contributed by atoms with E-state index in [2.05, 4.69) is 5.32 Å². The maximum absolute atomic E-state index is 13.6. The first-order valence-corrected chi connectivity index (χ1v) is 9.85. The smallest absolute Gasteiger partial charge is 0.227 e. The topological polar surface area (TPSA) is 47.6 Å². The lowest BCUT2D eigenvalue weighted by Gasteiger charge is -2.37. The van der Waals surface area contributed by atoms with Crippen molar-refractivity contribution < 1.29 is 23.0 Å². The Bertz CT molecular complexity index is 850. The largest absolute Gasteiger partial charge is 0.383 e. The molecule has 0 radical (unpaired) electrons. The van der Waals surface area contributed by atoms with E-state index in [0.717, 1.165) is 17.2 Å². The monoisotopic (exact) mass is 403 g/mol. The molecule has 1 N–H and O–H groups in total. The Morgan fingerprint density at radius 2 is 1.86 bits per heavy atom. The second kappa shape index (κ2) is 9.46. The standard InChI is InChI=1S/C23H27F2NO3/c1-16(15-28-2)26-22(27)23(8-10-29-11-9-23)14-17-4-3-5-18(12-17)19-6-7-20(24)21(25)13-19/h3-7,12-13,16H,8-11,14-15H2,1-2H3,(H,26,27). The molecule has 0 aliphatic carbocycles. The van der Waals surface area contributed by atoms with Crippen molar-refractivity contribution in [2.24, 2.45) is 5.41 Å². The summed E-state index contributed by atoms with van der Waals surface area (Å²) in [6.45, 7) is 3.44. The number of benzene rings is 2. The van der Waals surface area contributed by atoms with Gasteiger partial charge in [0, 0.05) is 26.4 Å². The van der Waals surface area contributed by atoms with Crippen LogP contribution < -0.4 is 5.32 Å². The zero-order valence-electron chi connectivity index (χ0n) is 16.8. The van der Waals surface area contributed by atoms with Crippen molar-refractivity contribution in [3.05, 3.63) is 59.7 Å². The van der Waals surface area contributed by atoms with Gasteiger partial charge >= 0.3 is 0 Å². The number of amides is 1. The van der Waals surface area contributed by atoms with Crippen LogP contribution in [0.15, 0.2) is 42.5 Å². The summed E-state index contributed by atoms with van der Waals surface area (Å²) >= 11 is 0. The maximum Gasteiger partial charge on any atom is 0.227 e.